The van der Waals surface area contributed by atoms with Crippen LogP contribution in [0.5, 0.6) is 0 Å². The second-order valence-corrected chi connectivity index (χ2v) is 10.7. The van der Waals surface area contributed by atoms with E-state index >= 15 is 0 Å². The molecule has 2 N–H and O–H groups in total. The zero-order valence-corrected chi connectivity index (χ0v) is 19.2. The third-order valence-electron chi connectivity index (χ3n) is 6.63. The molecule has 0 radical (unpaired) electrons. The molecule has 0 spiro atoms. The molecule has 6 nitrogen and oxygen atoms in total. The number of anilines is 1. The molecule has 1 heterocycles. The summed E-state index contributed by atoms with van der Waals surface area (Å²) in [6.07, 6.45) is 5.43. The van der Waals surface area contributed by atoms with Gasteiger partial charge in [-0.3, -0.25) is 9.59 Å². The minimum atomic E-state index is -0.918. The molecular formula is C23H33NO5S. The van der Waals surface area contributed by atoms with E-state index in [9.17, 15) is 19.5 Å². The lowest BCUT2D eigenvalue weighted by atomic mass is 9.72. The highest BCUT2D eigenvalue weighted by atomic mass is 32.1. The van der Waals surface area contributed by atoms with Crippen LogP contribution in [0.3, 0.4) is 0 Å². The van der Waals surface area contributed by atoms with Crippen LogP contribution in [0, 0.1) is 23.2 Å². The standard InChI is InChI=1S/C23H33NO5S/c1-5-29-22(28)18-16-11-10-13(23(2,3)4)12-17(16)30-20(18)24-19(25)14-8-6-7-9-15(14)21(26)27/h13-15H,5-12H2,1-4H3,(H,24,25)(H,26,27)/t13-,14+,15-/m0/s1. The zero-order valence-electron chi connectivity index (χ0n) is 18.4. The molecule has 1 fully saturated rings. The first-order valence-corrected chi connectivity index (χ1v) is 11.8. The molecule has 166 valence electrons. The fourth-order valence-corrected chi connectivity index (χ4v) is 6.10. The van der Waals surface area contributed by atoms with Gasteiger partial charge in [0.1, 0.15) is 5.00 Å². The highest BCUT2D eigenvalue weighted by Crippen LogP contribution is 2.45. The molecule has 1 aromatic heterocycles. The molecule has 1 amide bonds. The molecular weight excluding hydrogens is 402 g/mol. The Bertz CT molecular complexity index is 822. The Kier molecular flexibility index (Phi) is 6.90. The van der Waals surface area contributed by atoms with Crippen molar-refractivity contribution in [3.05, 3.63) is 16.0 Å². The second kappa shape index (κ2) is 9.08. The fraction of sp³-hybridized carbons (Fsp3) is 0.696. The summed E-state index contributed by atoms with van der Waals surface area (Å²) < 4.78 is 5.30. The minimum Gasteiger partial charge on any atom is -0.481 e. The fourth-order valence-electron chi connectivity index (χ4n) is 4.78. The Morgan fingerprint density at radius 2 is 1.80 bits per heavy atom. The lowest BCUT2D eigenvalue weighted by molar-refractivity contribution is -0.147. The Labute approximate surface area is 182 Å². The topological polar surface area (TPSA) is 92.7 Å². The number of aliphatic carboxylic acids is 1. The van der Waals surface area contributed by atoms with Gasteiger partial charge in [0, 0.05) is 4.88 Å². The summed E-state index contributed by atoms with van der Waals surface area (Å²) in [7, 11) is 0. The lowest BCUT2D eigenvalue weighted by Crippen LogP contribution is -2.36. The normalized spacial score (nSPS) is 24.1. The van der Waals surface area contributed by atoms with E-state index in [0.29, 0.717) is 29.3 Å². The lowest BCUT2D eigenvalue weighted by Gasteiger charge is -2.33. The van der Waals surface area contributed by atoms with Crippen LogP contribution in [0.1, 0.15) is 80.6 Å². The Morgan fingerprint density at radius 3 is 2.40 bits per heavy atom. The second-order valence-electron chi connectivity index (χ2n) is 9.56. The molecule has 3 atom stereocenters. The summed E-state index contributed by atoms with van der Waals surface area (Å²) in [5.41, 5.74) is 1.64. The maximum atomic E-state index is 13.0. The molecule has 0 saturated heterocycles. The number of thiophene rings is 1. The van der Waals surface area contributed by atoms with Crippen molar-refractivity contribution >= 4 is 34.2 Å². The molecule has 0 aliphatic heterocycles. The molecule has 1 saturated carbocycles. The van der Waals surface area contributed by atoms with Crippen LogP contribution in [0.4, 0.5) is 5.00 Å². The molecule has 7 heteroatoms. The van der Waals surface area contributed by atoms with Gasteiger partial charge < -0.3 is 15.2 Å². The maximum absolute atomic E-state index is 13.0. The van der Waals surface area contributed by atoms with Crippen LogP contribution in [0.15, 0.2) is 0 Å². The van der Waals surface area contributed by atoms with Crippen molar-refractivity contribution in [2.45, 2.75) is 72.6 Å². The van der Waals surface area contributed by atoms with Crippen LogP contribution in [-0.4, -0.2) is 29.6 Å². The van der Waals surface area contributed by atoms with E-state index in [4.69, 9.17) is 4.74 Å². The number of esters is 1. The number of hydrogen-bond donors (Lipinski definition) is 2. The number of rotatable bonds is 5. The first-order valence-electron chi connectivity index (χ1n) is 11.0. The van der Waals surface area contributed by atoms with Crippen LogP contribution < -0.4 is 5.32 Å². The quantitative estimate of drug-likeness (QED) is 0.641. The summed E-state index contributed by atoms with van der Waals surface area (Å²) in [4.78, 5) is 38.5. The van der Waals surface area contributed by atoms with Gasteiger partial charge in [-0.25, -0.2) is 4.79 Å². The van der Waals surface area contributed by atoms with E-state index in [1.54, 1.807) is 6.92 Å². The number of amides is 1. The van der Waals surface area contributed by atoms with E-state index in [1.807, 2.05) is 0 Å². The molecule has 30 heavy (non-hydrogen) atoms. The van der Waals surface area contributed by atoms with Crippen molar-refractivity contribution < 1.29 is 24.2 Å². The van der Waals surface area contributed by atoms with E-state index in [2.05, 4.69) is 26.1 Å². The zero-order chi connectivity index (χ0) is 22.1. The SMILES string of the molecule is CCOC(=O)c1c(NC(=O)[C@@H]2CCCC[C@@H]2C(=O)O)sc2c1CC[C@H](C(C)(C)C)C2. The third kappa shape index (κ3) is 4.71. The monoisotopic (exact) mass is 435 g/mol. The number of carboxylic acids is 1. The Morgan fingerprint density at radius 1 is 1.13 bits per heavy atom. The molecule has 2 aliphatic rings. The molecule has 1 aromatic rings. The van der Waals surface area contributed by atoms with Crippen molar-refractivity contribution in [3.8, 4) is 0 Å². The third-order valence-corrected chi connectivity index (χ3v) is 7.80. The average molecular weight is 436 g/mol. The summed E-state index contributed by atoms with van der Waals surface area (Å²) >= 11 is 1.46. The van der Waals surface area contributed by atoms with Crippen molar-refractivity contribution in [1.29, 1.82) is 0 Å². The van der Waals surface area contributed by atoms with Crippen LogP contribution >= 0.6 is 11.3 Å². The summed E-state index contributed by atoms with van der Waals surface area (Å²) in [5, 5.41) is 13.0. The van der Waals surface area contributed by atoms with Gasteiger partial charge in [0.05, 0.1) is 24.0 Å². The predicted molar refractivity (Wildman–Crippen MR) is 117 cm³/mol. The molecule has 0 bridgehead atoms. The highest BCUT2D eigenvalue weighted by Gasteiger charge is 2.38. The predicted octanol–water partition coefficient (Wildman–Crippen LogP) is 4.91. The number of ether oxygens (including phenoxy) is 1. The number of fused-ring (bicyclic) bond motifs is 1. The van der Waals surface area contributed by atoms with Gasteiger partial charge in [-0.15, -0.1) is 11.3 Å². The van der Waals surface area contributed by atoms with Crippen LogP contribution in [0.25, 0.3) is 0 Å². The summed E-state index contributed by atoms with van der Waals surface area (Å²) in [6, 6.07) is 0. The van der Waals surface area contributed by atoms with Crippen molar-refractivity contribution in [2.24, 2.45) is 23.2 Å². The van der Waals surface area contributed by atoms with Gasteiger partial charge in [0.15, 0.2) is 0 Å². The van der Waals surface area contributed by atoms with Crippen molar-refractivity contribution in [1.82, 2.24) is 0 Å². The smallest absolute Gasteiger partial charge is 0.341 e. The first kappa shape index (κ1) is 22.8. The van der Waals surface area contributed by atoms with E-state index in [-0.39, 0.29) is 17.9 Å². The molecule has 0 unspecified atom stereocenters. The largest absolute Gasteiger partial charge is 0.481 e. The van der Waals surface area contributed by atoms with Gasteiger partial charge in [-0.2, -0.15) is 0 Å². The van der Waals surface area contributed by atoms with Gasteiger partial charge in [0.25, 0.3) is 0 Å². The number of hydrogen-bond acceptors (Lipinski definition) is 5. The van der Waals surface area contributed by atoms with E-state index in [0.717, 1.165) is 42.5 Å². The van der Waals surface area contributed by atoms with Crippen LogP contribution in [-0.2, 0) is 27.2 Å². The summed E-state index contributed by atoms with van der Waals surface area (Å²) in [6.45, 7) is 8.75. The Balaban J connectivity index is 1.90. The van der Waals surface area contributed by atoms with E-state index in [1.165, 1.54) is 11.3 Å². The maximum Gasteiger partial charge on any atom is 0.341 e. The van der Waals surface area contributed by atoms with Crippen LogP contribution in [0.2, 0.25) is 0 Å². The first-order chi connectivity index (χ1) is 14.1. The van der Waals surface area contributed by atoms with Gasteiger partial charge in [-0.1, -0.05) is 33.6 Å². The Hall–Kier alpha value is -1.89. The van der Waals surface area contributed by atoms with Crippen molar-refractivity contribution in [3.63, 3.8) is 0 Å². The summed E-state index contributed by atoms with van der Waals surface area (Å²) in [5.74, 6) is -2.33. The molecule has 3 rings (SSSR count). The minimum absolute atomic E-state index is 0.173. The number of carboxylic acid groups (broad SMARTS) is 1. The number of nitrogens with one attached hydrogen (secondary N) is 1. The highest BCUT2D eigenvalue weighted by molar-refractivity contribution is 7.17. The molecule has 2 aliphatic carbocycles. The van der Waals surface area contributed by atoms with Gasteiger partial charge >= 0.3 is 11.9 Å². The van der Waals surface area contributed by atoms with Gasteiger partial charge in [-0.05, 0) is 55.9 Å². The molecule has 0 aromatic carbocycles. The average Bonchev–Trinajstić information content (AvgIpc) is 3.04. The number of carbonyl (C=O) groups is 3. The number of carbonyl (C=O) groups excluding carboxylic acids is 2. The van der Waals surface area contributed by atoms with Crippen molar-refractivity contribution in [2.75, 3.05) is 11.9 Å². The van der Waals surface area contributed by atoms with E-state index < -0.39 is 23.8 Å². The van der Waals surface area contributed by atoms with Gasteiger partial charge in [0.2, 0.25) is 5.91 Å².